The van der Waals surface area contributed by atoms with Crippen LogP contribution in [-0.2, 0) is 25.2 Å². The molecule has 1 radical (unpaired) electrons. The fourth-order valence-corrected chi connectivity index (χ4v) is 2.65. The normalized spacial score (nSPS) is 10.3. The maximum atomic E-state index is 10.3. The smallest absolute Gasteiger partial charge is 0.303 e. The zero-order chi connectivity index (χ0) is 14.9. The summed E-state index contributed by atoms with van der Waals surface area (Å²) in [6.07, 6.45) is 20.2. The summed E-state index contributed by atoms with van der Waals surface area (Å²) in [6.45, 7) is 2.27. The van der Waals surface area contributed by atoms with E-state index in [1.807, 2.05) is 0 Å². The second kappa shape index (κ2) is 20.1. The number of carboxylic acid groups (broad SMARTS) is 1. The number of carbonyl (C=O) groups is 1. The molecule has 2 nitrogen and oxygen atoms in total. The van der Waals surface area contributed by atoms with Crippen LogP contribution in [0.2, 0.25) is 0 Å². The van der Waals surface area contributed by atoms with Crippen molar-refractivity contribution in [2.24, 2.45) is 0 Å². The maximum Gasteiger partial charge on any atom is 0.303 e. The van der Waals surface area contributed by atoms with Crippen molar-refractivity contribution < 1.29 is 30.3 Å². The predicted octanol–water partition coefficient (Wildman–Crippen LogP) is 6.33. The van der Waals surface area contributed by atoms with E-state index < -0.39 is 5.97 Å². The Morgan fingerprint density at radius 3 is 1.19 bits per heavy atom. The van der Waals surface area contributed by atoms with Gasteiger partial charge in [0.2, 0.25) is 0 Å². The number of hydrogen-bond acceptors (Lipinski definition) is 1. The molecular formula is C18H36O2Re. The van der Waals surface area contributed by atoms with E-state index in [0.29, 0.717) is 6.42 Å². The number of aliphatic carboxylic acids is 1. The first-order valence-corrected chi connectivity index (χ1v) is 8.99. The van der Waals surface area contributed by atoms with Crippen molar-refractivity contribution in [3.05, 3.63) is 0 Å². The van der Waals surface area contributed by atoms with Crippen molar-refractivity contribution >= 4 is 5.97 Å². The number of hydrogen-bond donors (Lipinski definition) is 1. The fourth-order valence-electron chi connectivity index (χ4n) is 2.65. The summed E-state index contributed by atoms with van der Waals surface area (Å²) >= 11 is 0. The molecule has 0 aliphatic carbocycles. The van der Waals surface area contributed by atoms with Crippen molar-refractivity contribution in [1.82, 2.24) is 0 Å². The minimum absolute atomic E-state index is 0. The first-order valence-electron chi connectivity index (χ1n) is 8.99. The van der Waals surface area contributed by atoms with Crippen molar-refractivity contribution in [2.75, 3.05) is 0 Å². The van der Waals surface area contributed by atoms with Gasteiger partial charge in [0.15, 0.2) is 0 Å². The van der Waals surface area contributed by atoms with Gasteiger partial charge in [-0.1, -0.05) is 96.8 Å². The molecule has 0 aromatic carbocycles. The molecule has 3 heteroatoms. The van der Waals surface area contributed by atoms with Gasteiger partial charge in [0.05, 0.1) is 0 Å². The Balaban J connectivity index is 0. The second-order valence-corrected chi connectivity index (χ2v) is 6.09. The van der Waals surface area contributed by atoms with Crippen molar-refractivity contribution in [3.8, 4) is 0 Å². The maximum absolute atomic E-state index is 10.3. The van der Waals surface area contributed by atoms with Crippen LogP contribution in [0.25, 0.3) is 0 Å². The van der Waals surface area contributed by atoms with Crippen LogP contribution in [-0.4, -0.2) is 11.1 Å². The van der Waals surface area contributed by atoms with E-state index in [0.717, 1.165) is 12.8 Å². The van der Waals surface area contributed by atoms with Crippen LogP contribution in [0.15, 0.2) is 0 Å². The second-order valence-electron chi connectivity index (χ2n) is 6.09. The van der Waals surface area contributed by atoms with Crippen molar-refractivity contribution in [1.29, 1.82) is 0 Å². The molecule has 127 valence electrons. The molecule has 0 bridgehead atoms. The van der Waals surface area contributed by atoms with Crippen molar-refractivity contribution in [2.45, 2.75) is 110 Å². The minimum Gasteiger partial charge on any atom is -0.481 e. The van der Waals surface area contributed by atoms with Gasteiger partial charge >= 0.3 is 5.97 Å². The fraction of sp³-hybridized carbons (Fsp3) is 0.944. The summed E-state index contributed by atoms with van der Waals surface area (Å²) in [6, 6.07) is 0. The van der Waals surface area contributed by atoms with Gasteiger partial charge in [0, 0.05) is 26.8 Å². The summed E-state index contributed by atoms with van der Waals surface area (Å²) in [5.41, 5.74) is 0. The molecule has 0 heterocycles. The topological polar surface area (TPSA) is 37.3 Å². The summed E-state index contributed by atoms with van der Waals surface area (Å²) in [5.74, 6) is -0.653. The van der Waals surface area contributed by atoms with E-state index in [2.05, 4.69) is 6.92 Å². The molecule has 0 aliphatic rings. The van der Waals surface area contributed by atoms with Crippen LogP contribution < -0.4 is 0 Å². The molecule has 1 N–H and O–H groups in total. The van der Waals surface area contributed by atoms with E-state index in [1.54, 1.807) is 0 Å². The Kier molecular flexibility index (Phi) is 22.4. The molecule has 0 rings (SSSR count). The molecule has 0 saturated carbocycles. The first kappa shape index (κ1) is 23.4. The van der Waals surface area contributed by atoms with E-state index in [4.69, 9.17) is 5.11 Å². The average Bonchev–Trinajstić information content (AvgIpc) is 2.43. The summed E-state index contributed by atoms with van der Waals surface area (Å²) in [4.78, 5) is 10.3. The molecular weight excluding hydrogens is 434 g/mol. The molecule has 0 fully saturated rings. The third-order valence-electron chi connectivity index (χ3n) is 3.99. The standard InChI is InChI=1S/C18H36O2.Re/c1-2-3-4-5-6-7-8-9-10-11-12-13-14-15-16-17-18(19)20;/h2-17H2,1H3,(H,19,20);. The molecule has 0 spiro atoms. The van der Waals surface area contributed by atoms with Gasteiger partial charge in [-0.15, -0.1) is 0 Å². The Labute approximate surface area is 146 Å². The SMILES string of the molecule is CCCCCCCCCCCCCCCCCC(=O)O.[Re]. The molecule has 0 amide bonds. The zero-order valence-electron chi connectivity index (χ0n) is 14.0. The zero-order valence-corrected chi connectivity index (χ0v) is 16.8. The number of unbranched alkanes of at least 4 members (excludes halogenated alkanes) is 14. The van der Waals surface area contributed by atoms with Gasteiger partial charge in [-0.05, 0) is 6.42 Å². The summed E-state index contributed by atoms with van der Waals surface area (Å²) < 4.78 is 0. The summed E-state index contributed by atoms with van der Waals surface area (Å²) in [5, 5.41) is 8.52. The minimum atomic E-state index is -0.653. The monoisotopic (exact) mass is 471 g/mol. The van der Waals surface area contributed by atoms with Gasteiger partial charge in [0.25, 0.3) is 0 Å². The van der Waals surface area contributed by atoms with E-state index in [1.165, 1.54) is 83.5 Å². The van der Waals surface area contributed by atoms with E-state index >= 15 is 0 Å². The van der Waals surface area contributed by atoms with E-state index in [-0.39, 0.29) is 20.4 Å². The molecule has 0 atom stereocenters. The largest absolute Gasteiger partial charge is 0.481 e. The Morgan fingerprint density at radius 1 is 0.619 bits per heavy atom. The average molecular weight is 471 g/mol. The molecule has 0 saturated heterocycles. The van der Waals surface area contributed by atoms with Crippen LogP contribution in [0.3, 0.4) is 0 Å². The van der Waals surface area contributed by atoms with Gasteiger partial charge < -0.3 is 5.11 Å². The predicted molar refractivity (Wildman–Crippen MR) is 87.2 cm³/mol. The van der Waals surface area contributed by atoms with Crippen LogP contribution in [0.5, 0.6) is 0 Å². The molecule has 21 heavy (non-hydrogen) atoms. The van der Waals surface area contributed by atoms with E-state index in [9.17, 15) is 4.79 Å². The quantitative estimate of drug-likeness (QED) is 0.268. The van der Waals surface area contributed by atoms with Crippen LogP contribution in [0.1, 0.15) is 110 Å². The number of rotatable bonds is 16. The molecule has 0 unspecified atom stereocenters. The van der Waals surface area contributed by atoms with Gasteiger partial charge in [-0.3, -0.25) is 4.79 Å². The van der Waals surface area contributed by atoms with Crippen LogP contribution in [0.4, 0.5) is 0 Å². The third-order valence-corrected chi connectivity index (χ3v) is 3.99. The Hall–Kier alpha value is 0.132. The number of carboxylic acids is 1. The third kappa shape index (κ3) is 22.6. The molecule has 0 aromatic rings. The van der Waals surface area contributed by atoms with Gasteiger partial charge in [-0.25, -0.2) is 0 Å². The van der Waals surface area contributed by atoms with Crippen LogP contribution >= 0.6 is 0 Å². The van der Waals surface area contributed by atoms with Crippen molar-refractivity contribution in [3.63, 3.8) is 0 Å². The van der Waals surface area contributed by atoms with Gasteiger partial charge in [0.1, 0.15) is 0 Å². The summed E-state index contributed by atoms with van der Waals surface area (Å²) in [7, 11) is 0. The van der Waals surface area contributed by atoms with Crippen LogP contribution in [0, 0.1) is 0 Å². The Bertz CT molecular complexity index is 207. The molecule has 0 aromatic heterocycles. The van der Waals surface area contributed by atoms with Gasteiger partial charge in [-0.2, -0.15) is 0 Å². The molecule has 0 aliphatic heterocycles. The first-order chi connectivity index (χ1) is 9.77. The Morgan fingerprint density at radius 2 is 0.905 bits per heavy atom.